The van der Waals surface area contributed by atoms with Gasteiger partial charge in [0.1, 0.15) is 5.78 Å². The molecule has 1 fully saturated rings. The van der Waals surface area contributed by atoms with Crippen LogP contribution in [0.5, 0.6) is 0 Å². The molecule has 1 aliphatic carbocycles. The number of Topliss-reactive ketones (excluding diaryl/α,β-unsaturated/α-hetero) is 1. The third-order valence-electron chi connectivity index (χ3n) is 2.17. The number of carbonyl (C=O) groups is 1. The van der Waals surface area contributed by atoms with E-state index < -0.39 is 0 Å². The summed E-state index contributed by atoms with van der Waals surface area (Å²) in [5, 5.41) is 0. The fraction of sp³-hybridized carbons (Fsp3) is 0.400. The van der Waals surface area contributed by atoms with Crippen LogP contribution < -0.4 is 0 Å². The molecule has 1 aromatic rings. The number of hydrogen-bond acceptors (Lipinski definition) is 2. The second-order valence-corrected chi connectivity index (χ2v) is 4.34. The molecule has 0 radical (unpaired) electrons. The number of aromatic nitrogens is 1. The lowest BCUT2D eigenvalue weighted by Gasteiger charge is -1.98. The third kappa shape index (κ3) is 2.37. The molecule has 68 valence electrons. The molecule has 0 saturated heterocycles. The van der Waals surface area contributed by atoms with Crippen molar-refractivity contribution in [3.8, 4) is 0 Å². The summed E-state index contributed by atoms with van der Waals surface area (Å²) in [5.41, 5.74) is 1.01. The molecule has 1 aliphatic rings. The minimum Gasteiger partial charge on any atom is -0.299 e. The maximum atomic E-state index is 11.4. The van der Waals surface area contributed by atoms with Gasteiger partial charge in [0, 0.05) is 29.2 Å². The highest BCUT2D eigenvalue weighted by molar-refractivity contribution is 9.10. The number of pyridine rings is 1. The highest BCUT2D eigenvalue weighted by Crippen LogP contribution is 2.30. The maximum absolute atomic E-state index is 11.4. The summed E-state index contributed by atoms with van der Waals surface area (Å²) in [7, 11) is 0. The van der Waals surface area contributed by atoms with Crippen molar-refractivity contribution < 1.29 is 4.79 Å². The molecule has 1 heterocycles. The Hall–Kier alpha value is -0.700. The molecule has 1 aromatic heterocycles. The van der Waals surface area contributed by atoms with Gasteiger partial charge in [-0.25, -0.2) is 0 Å². The standard InChI is InChI=1S/C10H10BrNO/c11-9-3-7(5-12-6-9)4-10(13)8-1-2-8/h3,5-6,8H,1-2,4H2. The van der Waals surface area contributed by atoms with Gasteiger partial charge in [0.2, 0.25) is 0 Å². The molecule has 13 heavy (non-hydrogen) atoms. The van der Waals surface area contributed by atoms with Crippen LogP contribution in [0.25, 0.3) is 0 Å². The van der Waals surface area contributed by atoms with Gasteiger partial charge in [0.25, 0.3) is 0 Å². The highest BCUT2D eigenvalue weighted by atomic mass is 79.9. The van der Waals surface area contributed by atoms with Crippen molar-refractivity contribution in [2.75, 3.05) is 0 Å². The largest absolute Gasteiger partial charge is 0.299 e. The quantitative estimate of drug-likeness (QED) is 0.811. The first-order valence-corrected chi connectivity index (χ1v) is 5.17. The van der Waals surface area contributed by atoms with Crippen LogP contribution in [0, 0.1) is 5.92 Å². The van der Waals surface area contributed by atoms with E-state index in [2.05, 4.69) is 20.9 Å². The molecule has 0 spiro atoms. The molecule has 2 rings (SSSR count). The zero-order valence-corrected chi connectivity index (χ0v) is 8.75. The van der Waals surface area contributed by atoms with Crippen molar-refractivity contribution in [2.24, 2.45) is 5.92 Å². The zero-order chi connectivity index (χ0) is 9.26. The predicted molar refractivity (Wildman–Crippen MR) is 53.4 cm³/mol. The van der Waals surface area contributed by atoms with Gasteiger partial charge in [-0.15, -0.1) is 0 Å². The Morgan fingerprint density at radius 2 is 2.31 bits per heavy atom. The fourth-order valence-corrected chi connectivity index (χ4v) is 1.72. The summed E-state index contributed by atoms with van der Waals surface area (Å²) >= 11 is 3.33. The molecule has 1 saturated carbocycles. The first-order chi connectivity index (χ1) is 6.25. The number of halogens is 1. The Labute approximate surface area is 85.5 Å². The van der Waals surface area contributed by atoms with Crippen molar-refractivity contribution in [2.45, 2.75) is 19.3 Å². The van der Waals surface area contributed by atoms with Crippen molar-refractivity contribution in [1.82, 2.24) is 4.98 Å². The van der Waals surface area contributed by atoms with Crippen molar-refractivity contribution >= 4 is 21.7 Å². The lowest BCUT2D eigenvalue weighted by molar-refractivity contribution is -0.119. The van der Waals surface area contributed by atoms with Gasteiger partial charge < -0.3 is 0 Å². The first-order valence-electron chi connectivity index (χ1n) is 4.38. The van der Waals surface area contributed by atoms with Gasteiger partial charge in [-0.1, -0.05) is 0 Å². The number of hydrogen-bond donors (Lipinski definition) is 0. The Kier molecular flexibility index (Phi) is 2.44. The molecule has 0 amide bonds. The zero-order valence-electron chi connectivity index (χ0n) is 7.16. The maximum Gasteiger partial charge on any atom is 0.140 e. The SMILES string of the molecule is O=C(Cc1cncc(Br)c1)C1CC1. The predicted octanol–water partition coefficient (Wildman–Crippen LogP) is 2.37. The Morgan fingerprint density at radius 3 is 2.92 bits per heavy atom. The second-order valence-electron chi connectivity index (χ2n) is 3.43. The van der Waals surface area contributed by atoms with Gasteiger partial charge in [0.05, 0.1) is 0 Å². The van der Waals surface area contributed by atoms with Crippen LogP contribution in [-0.2, 0) is 11.2 Å². The Balaban J connectivity index is 2.04. The number of carbonyl (C=O) groups excluding carboxylic acids is 1. The molecule has 0 unspecified atom stereocenters. The van der Waals surface area contributed by atoms with E-state index in [4.69, 9.17) is 0 Å². The van der Waals surface area contributed by atoms with Crippen LogP contribution in [0.3, 0.4) is 0 Å². The second kappa shape index (κ2) is 3.58. The molecule has 3 heteroatoms. The molecule has 0 aromatic carbocycles. The average Bonchev–Trinajstić information content (AvgIpc) is 2.85. The Morgan fingerprint density at radius 1 is 1.54 bits per heavy atom. The molecule has 0 bridgehead atoms. The van der Waals surface area contributed by atoms with Gasteiger partial charge in [-0.05, 0) is 40.4 Å². The molecule has 2 nitrogen and oxygen atoms in total. The lowest BCUT2D eigenvalue weighted by Crippen LogP contribution is -2.04. The summed E-state index contributed by atoms with van der Waals surface area (Å²) in [6.45, 7) is 0. The smallest absolute Gasteiger partial charge is 0.140 e. The summed E-state index contributed by atoms with van der Waals surface area (Å²) in [5.74, 6) is 0.707. The summed E-state index contributed by atoms with van der Waals surface area (Å²) in [6.07, 6.45) is 6.19. The van der Waals surface area contributed by atoms with E-state index in [1.54, 1.807) is 12.4 Å². The minimum atomic E-state index is 0.346. The van der Waals surface area contributed by atoms with E-state index >= 15 is 0 Å². The third-order valence-corrected chi connectivity index (χ3v) is 2.61. The summed E-state index contributed by atoms with van der Waals surface area (Å²) in [6, 6.07) is 1.95. The van der Waals surface area contributed by atoms with Crippen LogP contribution in [0.4, 0.5) is 0 Å². The summed E-state index contributed by atoms with van der Waals surface area (Å²) in [4.78, 5) is 15.5. The molecule has 0 N–H and O–H groups in total. The molecule has 0 atom stereocenters. The van der Waals surface area contributed by atoms with Crippen molar-refractivity contribution in [3.05, 3.63) is 28.5 Å². The van der Waals surface area contributed by atoms with Crippen molar-refractivity contribution in [1.29, 1.82) is 0 Å². The van der Waals surface area contributed by atoms with Gasteiger partial charge in [-0.3, -0.25) is 9.78 Å². The fourth-order valence-electron chi connectivity index (χ4n) is 1.30. The number of nitrogens with zero attached hydrogens (tertiary/aromatic N) is 1. The highest BCUT2D eigenvalue weighted by Gasteiger charge is 2.29. The first kappa shape index (κ1) is 8.88. The van der Waals surface area contributed by atoms with Gasteiger partial charge in [0.15, 0.2) is 0 Å². The van der Waals surface area contributed by atoms with E-state index in [1.165, 1.54) is 0 Å². The van der Waals surface area contributed by atoms with E-state index in [-0.39, 0.29) is 0 Å². The molecular weight excluding hydrogens is 230 g/mol. The van der Waals surface area contributed by atoms with Gasteiger partial charge in [-0.2, -0.15) is 0 Å². The van der Waals surface area contributed by atoms with E-state index in [1.807, 2.05) is 6.07 Å². The minimum absolute atomic E-state index is 0.346. The van der Waals surface area contributed by atoms with Crippen LogP contribution in [0.1, 0.15) is 18.4 Å². The van der Waals surface area contributed by atoms with E-state index in [0.29, 0.717) is 18.1 Å². The average molecular weight is 240 g/mol. The molecular formula is C10H10BrNO. The van der Waals surface area contributed by atoms with Crippen LogP contribution in [-0.4, -0.2) is 10.8 Å². The molecule has 0 aliphatic heterocycles. The normalized spacial score (nSPS) is 15.8. The van der Waals surface area contributed by atoms with E-state index in [9.17, 15) is 4.79 Å². The monoisotopic (exact) mass is 239 g/mol. The number of ketones is 1. The number of rotatable bonds is 3. The summed E-state index contributed by atoms with van der Waals surface area (Å²) < 4.78 is 0.939. The van der Waals surface area contributed by atoms with Gasteiger partial charge >= 0.3 is 0 Å². The van der Waals surface area contributed by atoms with Crippen LogP contribution in [0.2, 0.25) is 0 Å². The Bertz CT molecular complexity index is 333. The van der Waals surface area contributed by atoms with Crippen LogP contribution >= 0.6 is 15.9 Å². The lowest BCUT2D eigenvalue weighted by atomic mass is 10.1. The topological polar surface area (TPSA) is 30.0 Å². The van der Waals surface area contributed by atoms with Crippen LogP contribution in [0.15, 0.2) is 22.9 Å². The van der Waals surface area contributed by atoms with Crippen molar-refractivity contribution in [3.63, 3.8) is 0 Å². The van der Waals surface area contributed by atoms with E-state index in [0.717, 1.165) is 22.9 Å².